The van der Waals surface area contributed by atoms with Crippen LogP contribution in [-0.4, -0.2) is 19.6 Å². The molecule has 0 spiro atoms. The Hall–Kier alpha value is -3.03. The first-order valence-corrected chi connectivity index (χ1v) is 7.42. The first-order valence-electron chi connectivity index (χ1n) is 7.42. The Kier molecular flexibility index (Phi) is 6.60. The van der Waals surface area contributed by atoms with E-state index in [0.29, 0.717) is 5.56 Å². The van der Waals surface area contributed by atoms with E-state index < -0.39 is 24.2 Å². The van der Waals surface area contributed by atoms with Crippen LogP contribution in [0.15, 0.2) is 42.5 Å². The molecule has 8 heteroatoms. The van der Waals surface area contributed by atoms with Crippen molar-refractivity contribution >= 4 is 12.0 Å². The molecule has 2 rings (SSSR count). The molecule has 0 radical (unpaired) electrons. The molecule has 138 valence electrons. The molecule has 0 atom stereocenters. The molecule has 4 nitrogen and oxygen atoms in total. The maximum absolute atomic E-state index is 13.5. The third-order valence-electron chi connectivity index (χ3n) is 3.31. The second-order valence-electron chi connectivity index (χ2n) is 5.05. The standard InChI is InChI=1S/C18H15F4NO3/c1-25-16-9-11(5-7-15(16)26-18(21)22)10-23-17(24)8-6-12-13(19)3-2-4-14(12)20/h2-9,18H,10H2,1H3,(H,23,24). The van der Waals surface area contributed by atoms with E-state index in [0.717, 1.165) is 24.3 Å². The van der Waals surface area contributed by atoms with Crippen molar-refractivity contribution in [1.29, 1.82) is 0 Å². The molecule has 0 aliphatic carbocycles. The summed E-state index contributed by atoms with van der Waals surface area (Å²) in [5.41, 5.74) is 0.236. The number of carbonyl (C=O) groups excluding carboxylic acids is 1. The van der Waals surface area contributed by atoms with Crippen molar-refractivity contribution in [3.8, 4) is 11.5 Å². The van der Waals surface area contributed by atoms with Gasteiger partial charge in [-0.15, -0.1) is 0 Å². The van der Waals surface area contributed by atoms with E-state index in [4.69, 9.17) is 4.74 Å². The average Bonchev–Trinajstić information content (AvgIpc) is 2.60. The van der Waals surface area contributed by atoms with Gasteiger partial charge in [0.05, 0.1) is 7.11 Å². The second kappa shape index (κ2) is 8.89. The predicted octanol–water partition coefficient (Wildman–Crippen LogP) is 3.90. The molecule has 0 aliphatic heterocycles. The van der Waals surface area contributed by atoms with Gasteiger partial charge in [0, 0.05) is 18.2 Å². The minimum atomic E-state index is -2.99. The molecule has 1 N–H and O–H groups in total. The fraction of sp³-hybridized carbons (Fsp3) is 0.167. The van der Waals surface area contributed by atoms with E-state index in [2.05, 4.69) is 10.1 Å². The largest absolute Gasteiger partial charge is 0.493 e. The van der Waals surface area contributed by atoms with E-state index in [1.165, 1.54) is 31.4 Å². The van der Waals surface area contributed by atoms with Gasteiger partial charge < -0.3 is 14.8 Å². The molecular formula is C18H15F4NO3. The monoisotopic (exact) mass is 369 g/mol. The summed E-state index contributed by atoms with van der Waals surface area (Å²) in [6.07, 6.45) is 2.02. The Morgan fingerprint density at radius 1 is 1.15 bits per heavy atom. The summed E-state index contributed by atoms with van der Waals surface area (Å²) in [5.74, 6) is -2.20. The zero-order valence-electron chi connectivity index (χ0n) is 13.6. The normalized spacial score (nSPS) is 11.0. The first-order chi connectivity index (χ1) is 12.4. The molecule has 0 heterocycles. The maximum atomic E-state index is 13.5. The van der Waals surface area contributed by atoms with Crippen LogP contribution in [0.3, 0.4) is 0 Å². The van der Waals surface area contributed by atoms with Crippen LogP contribution in [0.5, 0.6) is 11.5 Å². The maximum Gasteiger partial charge on any atom is 0.387 e. The summed E-state index contributed by atoms with van der Waals surface area (Å²) < 4.78 is 60.7. The number of ether oxygens (including phenoxy) is 2. The van der Waals surface area contributed by atoms with Gasteiger partial charge in [0.25, 0.3) is 0 Å². The van der Waals surface area contributed by atoms with Gasteiger partial charge in [0.15, 0.2) is 11.5 Å². The van der Waals surface area contributed by atoms with Crippen LogP contribution in [0.2, 0.25) is 0 Å². The molecule has 0 saturated carbocycles. The lowest BCUT2D eigenvalue weighted by molar-refractivity contribution is -0.116. The molecule has 0 unspecified atom stereocenters. The van der Waals surface area contributed by atoms with Crippen molar-refractivity contribution in [1.82, 2.24) is 5.32 Å². The summed E-state index contributed by atoms with van der Waals surface area (Å²) in [5, 5.41) is 2.50. The second-order valence-corrected chi connectivity index (χ2v) is 5.05. The molecule has 0 aliphatic rings. The van der Waals surface area contributed by atoms with Crippen molar-refractivity contribution in [3.63, 3.8) is 0 Å². The number of rotatable bonds is 7. The van der Waals surface area contributed by atoms with Crippen molar-refractivity contribution in [2.75, 3.05) is 7.11 Å². The smallest absolute Gasteiger partial charge is 0.387 e. The van der Waals surface area contributed by atoms with Gasteiger partial charge in [-0.05, 0) is 35.9 Å². The Labute approximate surface area is 147 Å². The lowest BCUT2D eigenvalue weighted by Gasteiger charge is -2.11. The van der Waals surface area contributed by atoms with Crippen LogP contribution in [0.4, 0.5) is 17.6 Å². The number of nitrogens with one attached hydrogen (secondary N) is 1. The highest BCUT2D eigenvalue weighted by Crippen LogP contribution is 2.29. The van der Waals surface area contributed by atoms with Crippen LogP contribution >= 0.6 is 0 Å². The van der Waals surface area contributed by atoms with Gasteiger partial charge in [-0.2, -0.15) is 8.78 Å². The Bertz CT molecular complexity index is 789. The number of benzene rings is 2. The Morgan fingerprint density at radius 2 is 1.85 bits per heavy atom. The highest BCUT2D eigenvalue weighted by atomic mass is 19.3. The highest BCUT2D eigenvalue weighted by Gasteiger charge is 2.11. The molecule has 0 aromatic heterocycles. The van der Waals surface area contributed by atoms with E-state index in [-0.39, 0.29) is 23.6 Å². The fourth-order valence-electron chi connectivity index (χ4n) is 2.09. The van der Waals surface area contributed by atoms with E-state index in [9.17, 15) is 22.4 Å². The summed E-state index contributed by atoms with van der Waals surface area (Å²) in [7, 11) is 1.29. The quantitative estimate of drug-likeness (QED) is 0.595. The topological polar surface area (TPSA) is 47.6 Å². The number of amides is 1. The lowest BCUT2D eigenvalue weighted by atomic mass is 10.1. The third-order valence-corrected chi connectivity index (χ3v) is 3.31. The van der Waals surface area contributed by atoms with Crippen LogP contribution in [-0.2, 0) is 11.3 Å². The molecule has 0 saturated heterocycles. The molecule has 0 fully saturated rings. The van der Waals surface area contributed by atoms with Crippen LogP contribution in [0.1, 0.15) is 11.1 Å². The molecule has 2 aromatic rings. The summed E-state index contributed by atoms with van der Waals surface area (Å²) in [4.78, 5) is 11.8. The van der Waals surface area contributed by atoms with Gasteiger partial charge in [-0.3, -0.25) is 4.79 Å². The fourth-order valence-corrected chi connectivity index (χ4v) is 2.09. The molecule has 0 bridgehead atoms. The summed E-state index contributed by atoms with van der Waals surface area (Å²) in [6.45, 7) is -2.94. The Morgan fingerprint density at radius 3 is 2.46 bits per heavy atom. The molecule has 26 heavy (non-hydrogen) atoms. The van der Waals surface area contributed by atoms with Crippen molar-refractivity contribution in [3.05, 3.63) is 65.2 Å². The molecular weight excluding hydrogens is 354 g/mol. The van der Waals surface area contributed by atoms with Gasteiger partial charge in [0.1, 0.15) is 11.6 Å². The van der Waals surface area contributed by atoms with Crippen LogP contribution < -0.4 is 14.8 Å². The summed E-state index contributed by atoms with van der Waals surface area (Å²) >= 11 is 0. The van der Waals surface area contributed by atoms with E-state index >= 15 is 0 Å². The van der Waals surface area contributed by atoms with E-state index in [1.54, 1.807) is 0 Å². The van der Waals surface area contributed by atoms with Gasteiger partial charge in [0.2, 0.25) is 5.91 Å². The van der Waals surface area contributed by atoms with Crippen LogP contribution in [0, 0.1) is 11.6 Å². The van der Waals surface area contributed by atoms with Crippen LogP contribution in [0.25, 0.3) is 6.08 Å². The minimum absolute atomic E-state index is 0.0498. The van der Waals surface area contributed by atoms with Gasteiger partial charge in [-0.1, -0.05) is 12.1 Å². The van der Waals surface area contributed by atoms with Crippen molar-refractivity contribution in [2.45, 2.75) is 13.2 Å². The number of carbonyl (C=O) groups is 1. The molecule has 1 amide bonds. The zero-order chi connectivity index (χ0) is 19.1. The minimum Gasteiger partial charge on any atom is -0.493 e. The van der Waals surface area contributed by atoms with Gasteiger partial charge >= 0.3 is 6.61 Å². The first kappa shape index (κ1) is 19.3. The third kappa shape index (κ3) is 5.23. The lowest BCUT2D eigenvalue weighted by Crippen LogP contribution is -2.20. The SMILES string of the molecule is COc1cc(CNC(=O)C=Cc2c(F)cccc2F)ccc1OC(F)F. The number of alkyl halides is 2. The highest BCUT2D eigenvalue weighted by molar-refractivity contribution is 5.91. The molecule has 2 aromatic carbocycles. The van der Waals surface area contributed by atoms with Gasteiger partial charge in [-0.25, -0.2) is 8.78 Å². The average molecular weight is 369 g/mol. The predicted molar refractivity (Wildman–Crippen MR) is 86.9 cm³/mol. The number of halogens is 4. The zero-order valence-corrected chi connectivity index (χ0v) is 13.6. The van der Waals surface area contributed by atoms with E-state index in [1.807, 2.05) is 0 Å². The number of methoxy groups -OCH3 is 1. The number of hydrogen-bond donors (Lipinski definition) is 1. The summed E-state index contributed by atoms with van der Waals surface area (Å²) in [6, 6.07) is 7.57. The van der Waals surface area contributed by atoms with Crippen molar-refractivity contribution in [2.24, 2.45) is 0 Å². The van der Waals surface area contributed by atoms with Crippen molar-refractivity contribution < 1.29 is 31.8 Å². The Balaban J connectivity index is 2.00. The number of hydrogen-bond acceptors (Lipinski definition) is 3.